The van der Waals surface area contributed by atoms with Gasteiger partial charge in [-0.25, -0.2) is 4.98 Å². The van der Waals surface area contributed by atoms with Gasteiger partial charge in [-0.2, -0.15) is 0 Å². The van der Waals surface area contributed by atoms with E-state index in [0.29, 0.717) is 22.5 Å². The molecule has 3 rings (SSSR count). The van der Waals surface area contributed by atoms with Crippen molar-refractivity contribution in [1.29, 1.82) is 0 Å². The van der Waals surface area contributed by atoms with E-state index in [2.05, 4.69) is 4.98 Å². The van der Waals surface area contributed by atoms with Gasteiger partial charge in [0.05, 0.1) is 0 Å². The second-order valence-corrected chi connectivity index (χ2v) is 4.93. The van der Waals surface area contributed by atoms with Crippen LogP contribution in [-0.2, 0) is 7.05 Å². The third kappa shape index (κ3) is 2.46. The van der Waals surface area contributed by atoms with Gasteiger partial charge in [-0.3, -0.25) is 9.59 Å². The fourth-order valence-corrected chi connectivity index (χ4v) is 2.33. The highest BCUT2D eigenvalue weighted by atomic mass is 16.1. The van der Waals surface area contributed by atoms with Crippen molar-refractivity contribution < 1.29 is 9.59 Å². The number of aryl methyl sites for hydroxylation is 1. The van der Waals surface area contributed by atoms with Crippen molar-refractivity contribution in [3.05, 3.63) is 89.5 Å². The summed E-state index contributed by atoms with van der Waals surface area (Å²) >= 11 is 0. The van der Waals surface area contributed by atoms with Crippen LogP contribution in [0.4, 0.5) is 0 Å². The van der Waals surface area contributed by atoms with Crippen molar-refractivity contribution in [3.63, 3.8) is 0 Å². The van der Waals surface area contributed by atoms with Gasteiger partial charge in [0.25, 0.3) is 0 Å². The van der Waals surface area contributed by atoms with Crippen molar-refractivity contribution in [2.45, 2.75) is 0 Å². The third-order valence-corrected chi connectivity index (χ3v) is 3.48. The molecular weight excluding hydrogens is 276 g/mol. The Bertz CT molecular complexity index is 835. The molecule has 0 aliphatic carbocycles. The molecule has 4 nitrogen and oxygen atoms in total. The van der Waals surface area contributed by atoms with Crippen molar-refractivity contribution in [1.82, 2.24) is 9.55 Å². The van der Waals surface area contributed by atoms with Gasteiger partial charge < -0.3 is 4.57 Å². The summed E-state index contributed by atoms with van der Waals surface area (Å²) in [5.41, 5.74) is 1.31. The van der Waals surface area contributed by atoms with E-state index in [1.165, 1.54) is 0 Å². The fraction of sp³-hybridized carbons (Fsp3) is 0.0556. The molecule has 0 radical (unpaired) electrons. The van der Waals surface area contributed by atoms with Crippen LogP contribution in [0.15, 0.2) is 67.0 Å². The quantitative estimate of drug-likeness (QED) is 0.694. The Hall–Kier alpha value is -3.01. The summed E-state index contributed by atoms with van der Waals surface area (Å²) in [6, 6.07) is 15.8. The summed E-state index contributed by atoms with van der Waals surface area (Å²) in [6.45, 7) is 0. The summed E-state index contributed by atoms with van der Waals surface area (Å²) in [4.78, 5) is 29.4. The summed E-state index contributed by atoms with van der Waals surface area (Å²) in [6.07, 6.45) is 3.27. The van der Waals surface area contributed by atoms with E-state index < -0.39 is 0 Å². The second kappa shape index (κ2) is 5.77. The van der Waals surface area contributed by atoms with Gasteiger partial charge in [0, 0.05) is 36.1 Å². The molecule has 0 spiro atoms. The van der Waals surface area contributed by atoms with E-state index in [9.17, 15) is 9.59 Å². The highest BCUT2D eigenvalue weighted by Gasteiger charge is 2.21. The molecule has 0 N–H and O–H groups in total. The summed E-state index contributed by atoms with van der Waals surface area (Å²) in [7, 11) is 1.75. The molecule has 0 saturated carbocycles. The Morgan fingerprint density at radius 2 is 1.45 bits per heavy atom. The first-order valence-electron chi connectivity index (χ1n) is 6.89. The molecular formula is C18H14N2O2. The zero-order valence-electron chi connectivity index (χ0n) is 12.1. The van der Waals surface area contributed by atoms with E-state index in [1.54, 1.807) is 72.5 Å². The number of nitrogens with zero attached hydrogens (tertiary/aromatic N) is 2. The molecule has 0 atom stereocenters. The molecule has 22 heavy (non-hydrogen) atoms. The Morgan fingerprint density at radius 1 is 0.864 bits per heavy atom. The minimum absolute atomic E-state index is 0.168. The number of carbonyl (C=O) groups is 2. The first-order valence-corrected chi connectivity index (χ1v) is 6.89. The molecule has 3 aromatic rings. The van der Waals surface area contributed by atoms with E-state index in [1.807, 2.05) is 6.07 Å². The average molecular weight is 290 g/mol. The smallest absolute Gasteiger partial charge is 0.229 e. The zero-order chi connectivity index (χ0) is 15.5. The van der Waals surface area contributed by atoms with E-state index in [-0.39, 0.29) is 11.6 Å². The number of benzene rings is 2. The number of carbonyl (C=O) groups excluding carboxylic acids is 2. The van der Waals surface area contributed by atoms with Crippen LogP contribution in [-0.4, -0.2) is 21.1 Å². The summed E-state index contributed by atoms with van der Waals surface area (Å²) in [5, 5.41) is 0. The lowest BCUT2D eigenvalue weighted by atomic mass is 9.96. The molecule has 0 amide bonds. The van der Waals surface area contributed by atoms with Gasteiger partial charge >= 0.3 is 0 Å². The molecule has 1 heterocycles. The van der Waals surface area contributed by atoms with E-state index in [0.717, 1.165) is 0 Å². The monoisotopic (exact) mass is 290 g/mol. The van der Waals surface area contributed by atoms with Crippen LogP contribution in [0.3, 0.4) is 0 Å². The molecule has 0 saturated heterocycles. The van der Waals surface area contributed by atoms with Crippen LogP contribution in [0.2, 0.25) is 0 Å². The van der Waals surface area contributed by atoms with Crippen LogP contribution in [0, 0.1) is 0 Å². The number of imidazole rings is 1. The molecule has 0 bridgehead atoms. The highest BCUT2D eigenvalue weighted by Crippen LogP contribution is 2.17. The summed E-state index contributed by atoms with van der Waals surface area (Å²) in [5.74, 6) is -0.112. The fourth-order valence-electron chi connectivity index (χ4n) is 2.33. The standard InChI is InChI=1S/C18H14N2O2/c1-20-12-11-19-18(20)17(22)15-10-6-5-9-14(15)16(21)13-7-3-2-4-8-13/h2-12H,1H3. The zero-order valence-corrected chi connectivity index (χ0v) is 12.1. The number of aromatic nitrogens is 2. The van der Waals surface area contributed by atoms with Crippen LogP contribution in [0.5, 0.6) is 0 Å². The van der Waals surface area contributed by atoms with Gasteiger partial charge in [0.2, 0.25) is 5.78 Å². The SMILES string of the molecule is Cn1ccnc1C(=O)c1ccccc1C(=O)c1ccccc1. The van der Waals surface area contributed by atoms with Gasteiger partial charge in [-0.15, -0.1) is 0 Å². The number of ketones is 2. The highest BCUT2D eigenvalue weighted by molar-refractivity contribution is 6.18. The molecule has 0 aliphatic heterocycles. The van der Waals surface area contributed by atoms with Crippen LogP contribution >= 0.6 is 0 Å². The lowest BCUT2D eigenvalue weighted by Crippen LogP contribution is -2.14. The molecule has 0 aliphatic rings. The van der Waals surface area contributed by atoms with Crippen LogP contribution < -0.4 is 0 Å². The lowest BCUT2D eigenvalue weighted by Gasteiger charge is -2.08. The maximum atomic E-state index is 12.6. The van der Waals surface area contributed by atoms with Crippen molar-refractivity contribution in [2.24, 2.45) is 7.05 Å². The van der Waals surface area contributed by atoms with Crippen molar-refractivity contribution >= 4 is 11.6 Å². The van der Waals surface area contributed by atoms with Gasteiger partial charge in [0.15, 0.2) is 11.6 Å². The predicted molar refractivity (Wildman–Crippen MR) is 83.0 cm³/mol. The molecule has 4 heteroatoms. The van der Waals surface area contributed by atoms with Gasteiger partial charge in [-0.05, 0) is 0 Å². The minimum Gasteiger partial charge on any atom is -0.331 e. The molecule has 0 unspecified atom stereocenters. The topological polar surface area (TPSA) is 52.0 Å². The van der Waals surface area contributed by atoms with Crippen LogP contribution in [0.25, 0.3) is 0 Å². The Kier molecular flexibility index (Phi) is 3.66. The Balaban J connectivity index is 2.06. The maximum absolute atomic E-state index is 12.6. The van der Waals surface area contributed by atoms with Crippen molar-refractivity contribution in [3.8, 4) is 0 Å². The van der Waals surface area contributed by atoms with Crippen molar-refractivity contribution in [2.75, 3.05) is 0 Å². The number of hydrogen-bond acceptors (Lipinski definition) is 3. The second-order valence-electron chi connectivity index (χ2n) is 4.93. The molecule has 1 aromatic heterocycles. The normalized spacial score (nSPS) is 10.4. The molecule has 108 valence electrons. The first kappa shape index (κ1) is 13.9. The van der Waals surface area contributed by atoms with E-state index in [4.69, 9.17) is 0 Å². The van der Waals surface area contributed by atoms with E-state index >= 15 is 0 Å². The van der Waals surface area contributed by atoms with Gasteiger partial charge in [0.1, 0.15) is 0 Å². The third-order valence-electron chi connectivity index (χ3n) is 3.48. The van der Waals surface area contributed by atoms with Crippen LogP contribution in [0.1, 0.15) is 32.1 Å². The largest absolute Gasteiger partial charge is 0.331 e. The lowest BCUT2D eigenvalue weighted by molar-refractivity contribution is 0.0996. The molecule has 0 fully saturated rings. The maximum Gasteiger partial charge on any atom is 0.229 e. The summed E-state index contributed by atoms with van der Waals surface area (Å²) < 4.78 is 1.64. The number of rotatable bonds is 4. The number of hydrogen-bond donors (Lipinski definition) is 0. The Labute approximate surface area is 128 Å². The first-order chi connectivity index (χ1) is 10.7. The van der Waals surface area contributed by atoms with Gasteiger partial charge in [-0.1, -0.05) is 54.6 Å². The minimum atomic E-state index is -0.257. The Morgan fingerprint density at radius 3 is 2.05 bits per heavy atom. The predicted octanol–water partition coefficient (Wildman–Crippen LogP) is 2.88. The molecule has 2 aromatic carbocycles. The average Bonchev–Trinajstić information content (AvgIpc) is 3.00.